The monoisotopic (exact) mass is 253 g/mol. The summed E-state index contributed by atoms with van der Waals surface area (Å²) in [5.74, 6) is 0.407. The zero-order chi connectivity index (χ0) is 12.5. The molecule has 0 atom stereocenters. The molecule has 0 radical (unpaired) electrons. The van der Waals surface area contributed by atoms with Gasteiger partial charge in [0, 0.05) is 11.3 Å². The van der Waals surface area contributed by atoms with Crippen LogP contribution in [0.1, 0.15) is 24.5 Å². The number of fused-ring (bicyclic) bond motifs is 1. The lowest BCUT2D eigenvalue weighted by Gasteiger charge is -2.23. The average molecular weight is 253 g/mol. The van der Waals surface area contributed by atoms with Crippen molar-refractivity contribution in [2.75, 3.05) is 11.5 Å². The molecule has 0 heterocycles. The molecular formula is C13H19NO2S. The molecule has 17 heavy (non-hydrogen) atoms. The second-order valence-electron chi connectivity index (χ2n) is 4.97. The van der Waals surface area contributed by atoms with E-state index in [1.54, 1.807) is 6.92 Å². The minimum Gasteiger partial charge on any atom is -0.324 e. The Morgan fingerprint density at radius 2 is 1.76 bits per heavy atom. The maximum Gasteiger partial charge on any atom is 0.150 e. The van der Waals surface area contributed by atoms with Crippen LogP contribution >= 0.6 is 0 Å². The average Bonchev–Trinajstić information content (AvgIpc) is 2.64. The highest BCUT2D eigenvalue weighted by atomic mass is 32.2. The Morgan fingerprint density at radius 1 is 1.24 bits per heavy atom. The van der Waals surface area contributed by atoms with E-state index >= 15 is 0 Å². The number of benzene rings is 1. The second kappa shape index (κ2) is 4.42. The number of nitrogens with two attached hydrogens (primary N) is 1. The van der Waals surface area contributed by atoms with Crippen molar-refractivity contribution in [2.45, 2.75) is 31.7 Å². The topological polar surface area (TPSA) is 60.2 Å². The van der Waals surface area contributed by atoms with Crippen LogP contribution in [-0.4, -0.2) is 25.5 Å². The Morgan fingerprint density at radius 3 is 2.24 bits per heavy atom. The molecule has 1 aromatic carbocycles. The summed E-state index contributed by atoms with van der Waals surface area (Å²) in [6.07, 6.45) is 2.14. The Labute approximate surface area is 103 Å². The minimum absolute atomic E-state index is 0.202. The first-order valence-corrected chi connectivity index (χ1v) is 7.82. The summed E-state index contributed by atoms with van der Waals surface area (Å²) in [5.41, 5.74) is 8.47. The lowest BCUT2D eigenvalue weighted by molar-refractivity contribution is 0.432. The smallest absolute Gasteiger partial charge is 0.150 e. The molecule has 0 unspecified atom stereocenters. The van der Waals surface area contributed by atoms with E-state index in [0.29, 0.717) is 6.42 Å². The Bertz CT molecular complexity index is 483. The third-order valence-electron chi connectivity index (χ3n) is 3.55. The van der Waals surface area contributed by atoms with Crippen molar-refractivity contribution in [3.63, 3.8) is 0 Å². The predicted octanol–water partition coefficient (Wildman–Crippen LogP) is 1.31. The highest BCUT2D eigenvalue weighted by Gasteiger charge is 2.33. The van der Waals surface area contributed by atoms with Gasteiger partial charge in [0.25, 0.3) is 0 Å². The van der Waals surface area contributed by atoms with Gasteiger partial charge in [-0.05, 0) is 30.4 Å². The predicted molar refractivity (Wildman–Crippen MR) is 69.7 cm³/mol. The van der Waals surface area contributed by atoms with Gasteiger partial charge in [-0.25, -0.2) is 8.42 Å². The Balaban J connectivity index is 2.05. The van der Waals surface area contributed by atoms with Gasteiger partial charge in [0.2, 0.25) is 0 Å². The number of rotatable bonds is 4. The number of sulfone groups is 1. The SMILES string of the molecule is CCS(=O)(=O)CCC1(N)Cc2ccccc2C1. The first-order valence-electron chi connectivity index (χ1n) is 6.00. The van der Waals surface area contributed by atoms with Crippen LogP contribution in [0.15, 0.2) is 24.3 Å². The molecule has 94 valence electrons. The summed E-state index contributed by atoms with van der Waals surface area (Å²) < 4.78 is 23.0. The van der Waals surface area contributed by atoms with Crippen molar-refractivity contribution < 1.29 is 8.42 Å². The fourth-order valence-corrected chi connectivity index (χ4v) is 3.41. The molecule has 0 bridgehead atoms. The van der Waals surface area contributed by atoms with E-state index in [2.05, 4.69) is 12.1 Å². The molecule has 4 heteroatoms. The van der Waals surface area contributed by atoms with Crippen LogP contribution in [0.4, 0.5) is 0 Å². The van der Waals surface area contributed by atoms with Gasteiger partial charge in [-0.1, -0.05) is 31.2 Å². The van der Waals surface area contributed by atoms with Crippen LogP contribution in [0.25, 0.3) is 0 Å². The van der Waals surface area contributed by atoms with Crippen LogP contribution in [0, 0.1) is 0 Å². The van der Waals surface area contributed by atoms with Crippen molar-refractivity contribution in [3.8, 4) is 0 Å². The van der Waals surface area contributed by atoms with Gasteiger partial charge in [0.15, 0.2) is 0 Å². The molecule has 0 aliphatic heterocycles. The molecule has 2 N–H and O–H groups in total. The van der Waals surface area contributed by atoms with Crippen LogP contribution in [0.2, 0.25) is 0 Å². The summed E-state index contributed by atoms with van der Waals surface area (Å²) in [6, 6.07) is 8.18. The van der Waals surface area contributed by atoms with E-state index in [9.17, 15) is 8.42 Å². The molecule has 0 amide bonds. The van der Waals surface area contributed by atoms with Crippen LogP contribution < -0.4 is 5.73 Å². The molecule has 0 aromatic heterocycles. The molecule has 0 saturated carbocycles. The van der Waals surface area contributed by atoms with Crippen LogP contribution in [-0.2, 0) is 22.7 Å². The van der Waals surface area contributed by atoms with E-state index in [-0.39, 0.29) is 17.0 Å². The third-order valence-corrected chi connectivity index (χ3v) is 5.26. The number of hydrogen-bond acceptors (Lipinski definition) is 3. The van der Waals surface area contributed by atoms with Gasteiger partial charge in [0.1, 0.15) is 9.84 Å². The molecule has 0 spiro atoms. The van der Waals surface area contributed by atoms with Crippen molar-refractivity contribution >= 4 is 9.84 Å². The minimum atomic E-state index is -2.91. The van der Waals surface area contributed by atoms with E-state index in [0.717, 1.165) is 12.8 Å². The summed E-state index contributed by atoms with van der Waals surface area (Å²) in [5, 5.41) is 0. The summed E-state index contributed by atoms with van der Waals surface area (Å²) in [4.78, 5) is 0. The molecular weight excluding hydrogens is 234 g/mol. The maximum absolute atomic E-state index is 11.5. The quantitative estimate of drug-likeness (QED) is 0.880. The van der Waals surface area contributed by atoms with E-state index < -0.39 is 9.84 Å². The normalized spacial score (nSPS) is 18.0. The molecule has 1 aromatic rings. The molecule has 1 aliphatic rings. The molecule has 2 rings (SSSR count). The van der Waals surface area contributed by atoms with Crippen molar-refractivity contribution in [1.29, 1.82) is 0 Å². The fourth-order valence-electron chi connectivity index (χ4n) is 2.40. The number of hydrogen-bond donors (Lipinski definition) is 1. The van der Waals surface area contributed by atoms with Crippen LogP contribution in [0.5, 0.6) is 0 Å². The van der Waals surface area contributed by atoms with Crippen molar-refractivity contribution in [2.24, 2.45) is 5.73 Å². The van der Waals surface area contributed by atoms with Gasteiger partial charge in [0.05, 0.1) is 5.75 Å². The van der Waals surface area contributed by atoms with Gasteiger partial charge in [-0.15, -0.1) is 0 Å². The zero-order valence-electron chi connectivity index (χ0n) is 10.1. The summed E-state index contributed by atoms with van der Waals surface area (Å²) in [6.45, 7) is 1.68. The highest BCUT2D eigenvalue weighted by molar-refractivity contribution is 7.91. The summed E-state index contributed by atoms with van der Waals surface area (Å²) in [7, 11) is -2.91. The molecule has 0 fully saturated rings. The van der Waals surface area contributed by atoms with E-state index in [1.807, 2.05) is 12.1 Å². The zero-order valence-corrected chi connectivity index (χ0v) is 11.0. The standard InChI is InChI=1S/C13H19NO2S/c1-2-17(15,16)8-7-13(14)9-11-5-3-4-6-12(11)10-13/h3-6H,2,7-10,14H2,1H3. The molecule has 1 aliphatic carbocycles. The fraction of sp³-hybridized carbons (Fsp3) is 0.538. The van der Waals surface area contributed by atoms with Gasteiger partial charge in [-0.2, -0.15) is 0 Å². The second-order valence-corrected chi connectivity index (χ2v) is 7.44. The van der Waals surface area contributed by atoms with Gasteiger partial charge >= 0.3 is 0 Å². The van der Waals surface area contributed by atoms with E-state index in [1.165, 1.54) is 11.1 Å². The first-order chi connectivity index (χ1) is 7.94. The van der Waals surface area contributed by atoms with Crippen LogP contribution in [0.3, 0.4) is 0 Å². The Hall–Kier alpha value is -0.870. The molecule has 0 saturated heterocycles. The largest absolute Gasteiger partial charge is 0.324 e. The first kappa shape index (κ1) is 12.6. The maximum atomic E-state index is 11.5. The summed E-state index contributed by atoms with van der Waals surface area (Å²) >= 11 is 0. The Kier molecular flexibility index (Phi) is 3.27. The molecule has 3 nitrogen and oxygen atoms in total. The van der Waals surface area contributed by atoms with Gasteiger partial charge in [-0.3, -0.25) is 0 Å². The van der Waals surface area contributed by atoms with E-state index in [4.69, 9.17) is 5.73 Å². The lowest BCUT2D eigenvalue weighted by Crippen LogP contribution is -2.42. The van der Waals surface area contributed by atoms with Gasteiger partial charge < -0.3 is 5.73 Å². The van der Waals surface area contributed by atoms with Crippen molar-refractivity contribution in [1.82, 2.24) is 0 Å². The van der Waals surface area contributed by atoms with Crippen molar-refractivity contribution in [3.05, 3.63) is 35.4 Å². The lowest BCUT2D eigenvalue weighted by atomic mass is 9.94. The highest BCUT2D eigenvalue weighted by Crippen LogP contribution is 2.30. The third kappa shape index (κ3) is 2.87.